The van der Waals surface area contributed by atoms with Crippen LogP contribution in [0.2, 0.25) is 5.02 Å². The Balaban J connectivity index is 0.924. The number of hydrogen-bond donors (Lipinski definition) is 2. The van der Waals surface area contributed by atoms with E-state index in [-0.39, 0.29) is 11.5 Å². The molecule has 2 heterocycles. The lowest BCUT2D eigenvalue weighted by Gasteiger charge is -2.18. The van der Waals surface area contributed by atoms with Crippen molar-refractivity contribution in [2.24, 2.45) is 0 Å². The Morgan fingerprint density at radius 3 is 1.31 bits per heavy atom. The van der Waals surface area contributed by atoms with E-state index in [0.29, 0.717) is 64.2 Å². The van der Waals surface area contributed by atoms with E-state index in [9.17, 15) is 10.2 Å². The van der Waals surface area contributed by atoms with Gasteiger partial charge < -0.3 is 28.8 Å². The SMILES string of the molecule is Cc1cc(-c2cc(Cl)ccc2OCCCOc2ccc(I)cc2-c2cc(C)cc(-n3c4ccccc4c4ccccc43)c2O)c(O)c(-n2c3ccccc3c3ccccc32)c1. The van der Waals surface area contributed by atoms with Gasteiger partial charge in [0, 0.05) is 58.8 Å². The Bertz CT molecular complexity index is 3000. The Kier molecular flexibility index (Phi) is 10.1. The Labute approximate surface area is 371 Å². The van der Waals surface area contributed by atoms with Crippen molar-refractivity contribution in [3.63, 3.8) is 0 Å². The zero-order valence-electron chi connectivity index (χ0n) is 33.5. The molecule has 8 heteroatoms. The van der Waals surface area contributed by atoms with E-state index in [2.05, 4.69) is 93.2 Å². The molecular formula is C53H40ClIN2O4. The van der Waals surface area contributed by atoms with Crippen molar-refractivity contribution >= 4 is 77.8 Å². The molecule has 61 heavy (non-hydrogen) atoms. The predicted octanol–water partition coefficient (Wildman–Crippen LogP) is 14.3. The molecule has 0 aliphatic rings. The molecule has 0 saturated carbocycles. The molecule has 0 aliphatic heterocycles. The summed E-state index contributed by atoms with van der Waals surface area (Å²) >= 11 is 8.92. The van der Waals surface area contributed by atoms with Crippen LogP contribution in [0.5, 0.6) is 23.0 Å². The first kappa shape index (κ1) is 38.8. The maximum atomic E-state index is 12.1. The summed E-state index contributed by atoms with van der Waals surface area (Å²) in [5, 5.41) is 29.2. The van der Waals surface area contributed by atoms with Crippen LogP contribution in [0.3, 0.4) is 0 Å². The topological polar surface area (TPSA) is 68.8 Å². The van der Waals surface area contributed by atoms with Gasteiger partial charge in [-0.2, -0.15) is 0 Å². The monoisotopic (exact) mass is 930 g/mol. The summed E-state index contributed by atoms with van der Waals surface area (Å²) < 4.78 is 18.2. The van der Waals surface area contributed by atoms with Gasteiger partial charge in [0.1, 0.15) is 23.0 Å². The van der Waals surface area contributed by atoms with Crippen LogP contribution in [0.1, 0.15) is 17.5 Å². The van der Waals surface area contributed by atoms with Crippen LogP contribution in [-0.2, 0) is 0 Å². The summed E-state index contributed by atoms with van der Waals surface area (Å²) in [5.74, 6) is 1.60. The molecule has 300 valence electrons. The van der Waals surface area contributed by atoms with Crippen molar-refractivity contribution in [1.29, 1.82) is 0 Å². The summed E-state index contributed by atoms with van der Waals surface area (Å²) in [5.41, 5.74) is 10.3. The summed E-state index contributed by atoms with van der Waals surface area (Å²) in [4.78, 5) is 0. The van der Waals surface area contributed by atoms with Gasteiger partial charge in [-0.25, -0.2) is 0 Å². The van der Waals surface area contributed by atoms with E-state index in [1.165, 1.54) is 0 Å². The Hall–Kier alpha value is -6.42. The molecule has 0 unspecified atom stereocenters. The number of phenolic OH excluding ortho intramolecular Hbond substituents is 2. The first-order valence-corrected chi connectivity index (χ1v) is 21.7. The fourth-order valence-corrected chi connectivity index (χ4v) is 9.40. The number of aryl methyl sites for hydroxylation is 2. The lowest BCUT2D eigenvalue weighted by molar-refractivity contribution is 0.248. The summed E-state index contributed by atoms with van der Waals surface area (Å²) in [6.45, 7) is 4.81. The quantitative estimate of drug-likeness (QED) is 0.106. The molecule has 0 aliphatic carbocycles. The third-order valence-corrected chi connectivity index (χ3v) is 12.3. The molecule has 0 bridgehead atoms. The molecular weight excluding hydrogens is 891 g/mol. The lowest BCUT2D eigenvalue weighted by atomic mass is 9.99. The molecule has 10 aromatic rings. The second-order valence-electron chi connectivity index (χ2n) is 15.4. The van der Waals surface area contributed by atoms with Crippen molar-refractivity contribution in [1.82, 2.24) is 9.13 Å². The van der Waals surface area contributed by atoms with Gasteiger partial charge in [0.15, 0.2) is 0 Å². The highest BCUT2D eigenvalue weighted by atomic mass is 127. The van der Waals surface area contributed by atoms with Gasteiger partial charge in [-0.15, -0.1) is 0 Å². The highest BCUT2D eigenvalue weighted by molar-refractivity contribution is 14.1. The standard InChI is InChI=1S/C53H40ClIN2O4/c1-32-26-42(52(58)48(28-32)56-44-16-7-3-12-36(44)37-13-4-8-17-45(37)56)40-30-34(54)20-22-50(40)60-24-11-25-61-51-23-21-35(55)31-41(51)43-27-33(2)29-49(53(43)59)57-46-18-9-5-14-38(46)39-15-6-10-19-47(39)57/h3-10,12-23,26-31,58-59H,11,24-25H2,1-2H3. The number of para-hydroxylation sites is 4. The van der Waals surface area contributed by atoms with E-state index >= 15 is 0 Å². The Morgan fingerprint density at radius 1 is 0.475 bits per heavy atom. The van der Waals surface area contributed by atoms with Crippen LogP contribution in [-0.4, -0.2) is 32.6 Å². The number of halogens is 2. The maximum Gasteiger partial charge on any atom is 0.147 e. The van der Waals surface area contributed by atoms with Gasteiger partial charge in [-0.1, -0.05) is 84.4 Å². The fraction of sp³-hybridized carbons (Fsp3) is 0.0943. The minimum atomic E-state index is 0.138. The normalized spacial score (nSPS) is 11.6. The van der Waals surface area contributed by atoms with Crippen molar-refractivity contribution in [2.45, 2.75) is 20.3 Å². The van der Waals surface area contributed by atoms with Crippen molar-refractivity contribution in [3.8, 4) is 56.6 Å². The third-order valence-electron chi connectivity index (χ3n) is 11.4. The largest absolute Gasteiger partial charge is 0.505 e. The van der Waals surface area contributed by atoms with Gasteiger partial charge in [-0.3, -0.25) is 0 Å². The molecule has 0 radical (unpaired) electrons. The highest BCUT2D eigenvalue weighted by Gasteiger charge is 2.22. The smallest absolute Gasteiger partial charge is 0.147 e. The van der Waals surface area contributed by atoms with Crippen molar-refractivity contribution in [2.75, 3.05) is 13.2 Å². The number of aromatic nitrogens is 2. The molecule has 0 amide bonds. The molecule has 8 aromatic carbocycles. The number of aromatic hydroxyl groups is 2. The van der Waals surface area contributed by atoms with E-state index in [0.717, 1.165) is 63.9 Å². The number of rotatable bonds is 10. The van der Waals surface area contributed by atoms with Gasteiger partial charge in [-0.05, 0) is 132 Å². The van der Waals surface area contributed by atoms with Crippen LogP contribution in [0, 0.1) is 17.4 Å². The minimum Gasteiger partial charge on any atom is -0.505 e. The molecule has 0 saturated heterocycles. The van der Waals surface area contributed by atoms with Gasteiger partial charge in [0.05, 0.1) is 46.7 Å². The van der Waals surface area contributed by atoms with E-state index in [4.69, 9.17) is 21.1 Å². The average molecular weight is 931 g/mol. The Morgan fingerprint density at radius 2 is 0.869 bits per heavy atom. The number of ether oxygens (including phenoxy) is 2. The van der Waals surface area contributed by atoms with Crippen LogP contribution >= 0.6 is 34.2 Å². The second kappa shape index (κ2) is 15.9. The van der Waals surface area contributed by atoms with E-state index < -0.39 is 0 Å². The van der Waals surface area contributed by atoms with Crippen molar-refractivity contribution < 1.29 is 19.7 Å². The zero-order valence-corrected chi connectivity index (χ0v) is 36.4. The van der Waals surface area contributed by atoms with Crippen LogP contribution in [0.15, 0.2) is 158 Å². The number of nitrogens with zero attached hydrogens (tertiary/aromatic N) is 2. The van der Waals surface area contributed by atoms with Gasteiger partial charge in [0.2, 0.25) is 0 Å². The molecule has 0 fully saturated rings. The lowest BCUT2D eigenvalue weighted by Crippen LogP contribution is -2.06. The minimum absolute atomic E-state index is 0.138. The van der Waals surface area contributed by atoms with E-state index in [1.807, 2.05) is 104 Å². The van der Waals surface area contributed by atoms with Crippen molar-refractivity contribution in [3.05, 3.63) is 177 Å². The van der Waals surface area contributed by atoms with Gasteiger partial charge in [0.25, 0.3) is 0 Å². The van der Waals surface area contributed by atoms with Crippen LogP contribution < -0.4 is 9.47 Å². The van der Waals surface area contributed by atoms with Crippen LogP contribution in [0.4, 0.5) is 0 Å². The number of phenols is 2. The number of hydrogen-bond acceptors (Lipinski definition) is 4. The maximum absolute atomic E-state index is 12.1. The van der Waals surface area contributed by atoms with E-state index in [1.54, 1.807) is 6.07 Å². The van der Waals surface area contributed by atoms with Gasteiger partial charge >= 0.3 is 0 Å². The fourth-order valence-electron chi connectivity index (χ4n) is 8.74. The molecule has 2 N–H and O–H groups in total. The highest BCUT2D eigenvalue weighted by Crippen LogP contribution is 2.45. The molecule has 2 aromatic heterocycles. The molecule has 10 rings (SSSR count). The number of fused-ring (bicyclic) bond motifs is 6. The summed E-state index contributed by atoms with van der Waals surface area (Å²) in [7, 11) is 0. The number of benzene rings is 8. The summed E-state index contributed by atoms with van der Waals surface area (Å²) in [6.07, 6.45) is 0.576. The molecule has 0 spiro atoms. The third kappa shape index (κ3) is 6.91. The average Bonchev–Trinajstić information content (AvgIpc) is 3.79. The first-order valence-electron chi connectivity index (χ1n) is 20.2. The first-order chi connectivity index (χ1) is 29.7. The summed E-state index contributed by atoms with van der Waals surface area (Å²) in [6, 6.07) is 52.7. The zero-order chi connectivity index (χ0) is 41.8. The second-order valence-corrected chi connectivity index (χ2v) is 17.1. The predicted molar refractivity (Wildman–Crippen MR) is 259 cm³/mol. The molecule has 6 nitrogen and oxygen atoms in total. The molecule has 0 atom stereocenters. The van der Waals surface area contributed by atoms with Crippen LogP contribution in [0.25, 0.3) is 77.2 Å².